The van der Waals surface area contributed by atoms with Crippen LogP contribution in [0.2, 0.25) is 5.02 Å². The van der Waals surface area contributed by atoms with Crippen molar-refractivity contribution in [3.05, 3.63) is 22.7 Å². The molecule has 0 spiro atoms. The van der Waals surface area contributed by atoms with Crippen LogP contribution in [0.4, 0.5) is 0 Å². The number of ether oxygens (including phenoxy) is 2. The van der Waals surface area contributed by atoms with E-state index in [0.717, 1.165) is 43.7 Å². The van der Waals surface area contributed by atoms with E-state index >= 15 is 0 Å². The average Bonchev–Trinajstić information content (AvgIpc) is 2.64. The molecule has 0 saturated carbocycles. The van der Waals surface area contributed by atoms with Gasteiger partial charge in [0.15, 0.2) is 11.5 Å². The first-order chi connectivity index (χ1) is 9.31. The smallest absolute Gasteiger partial charge is 0.179 e. The van der Waals surface area contributed by atoms with E-state index in [1.807, 2.05) is 12.1 Å². The second-order valence-electron chi connectivity index (χ2n) is 4.56. The van der Waals surface area contributed by atoms with Crippen molar-refractivity contribution in [2.75, 3.05) is 26.4 Å². The first-order valence-corrected chi connectivity index (χ1v) is 7.08. The van der Waals surface area contributed by atoms with E-state index in [2.05, 4.69) is 5.32 Å². The van der Waals surface area contributed by atoms with Crippen LogP contribution < -0.4 is 14.8 Å². The Balaban J connectivity index is 1.94. The van der Waals surface area contributed by atoms with Crippen molar-refractivity contribution in [3.63, 3.8) is 0 Å². The SMILES string of the molecule is OCCCCNCc1cc(Cl)c2c(c1)OCCCO2. The highest BCUT2D eigenvalue weighted by atomic mass is 35.5. The fraction of sp³-hybridized carbons (Fsp3) is 0.571. The molecule has 0 bridgehead atoms. The normalized spacial score (nSPS) is 14.2. The predicted octanol–water partition coefficient (Wildman–Crippen LogP) is 2.36. The van der Waals surface area contributed by atoms with E-state index < -0.39 is 0 Å². The van der Waals surface area contributed by atoms with Crippen molar-refractivity contribution < 1.29 is 14.6 Å². The summed E-state index contributed by atoms with van der Waals surface area (Å²) in [5.41, 5.74) is 1.08. The Bertz CT molecular complexity index is 412. The molecular weight excluding hydrogens is 266 g/mol. The van der Waals surface area contributed by atoms with Gasteiger partial charge in [-0.25, -0.2) is 0 Å². The maximum Gasteiger partial charge on any atom is 0.179 e. The summed E-state index contributed by atoms with van der Waals surface area (Å²) in [5, 5.41) is 12.6. The molecule has 0 unspecified atom stereocenters. The van der Waals surface area contributed by atoms with Gasteiger partial charge < -0.3 is 19.9 Å². The van der Waals surface area contributed by atoms with Crippen LogP contribution in [0.1, 0.15) is 24.8 Å². The van der Waals surface area contributed by atoms with Gasteiger partial charge in [0, 0.05) is 19.6 Å². The number of nitrogens with one attached hydrogen (secondary N) is 1. The second kappa shape index (κ2) is 7.58. The molecule has 0 radical (unpaired) electrons. The molecule has 1 aliphatic rings. The molecule has 2 rings (SSSR count). The molecule has 2 N–H and O–H groups in total. The van der Waals surface area contributed by atoms with Crippen LogP contribution in [0, 0.1) is 0 Å². The Hall–Kier alpha value is -0.970. The molecule has 0 amide bonds. The van der Waals surface area contributed by atoms with Crippen LogP contribution in [0.15, 0.2) is 12.1 Å². The molecule has 0 fully saturated rings. The topological polar surface area (TPSA) is 50.7 Å². The largest absolute Gasteiger partial charge is 0.489 e. The minimum Gasteiger partial charge on any atom is -0.489 e. The summed E-state index contributed by atoms with van der Waals surface area (Å²) in [6.07, 6.45) is 2.67. The minimum atomic E-state index is 0.248. The molecule has 0 saturated heterocycles. The predicted molar refractivity (Wildman–Crippen MR) is 75.1 cm³/mol. The lowest BCUT2D eigenvalue weighted by Crippen LogP contribution is -2.15. The molecule has 0 atom stereocenters. The van der Waals surface area contributed by atoms with Gasteiger partial charge in [-0.2, -0.15) is 0 Å². The fourth-order valence-electron chi connectivity index (χ4n) is 1.98. The van der Waals surface area contributed by atoms with Crippen molar-refractivity contribution in [2.24, 2.45) is 0 Å². The van der Waals surface area contributed by atoms with E-state index in [1.165, 1.54) is 0 Å². The highest BCUT2D eigenvalue weighted by Crippen LogP contribution is 2.37. The summed E-state index contributed by atoms with van der Waals surface area (Å²) in [6, 6.07) is 3.89. The quantitative estimate of drug-likeness (QED) is 0.788. The van der Waals surface area contributed by atoms with Crippen LogP contribution >= 0.6 is 11.6 Å². The Morgan fingerprint density at radius 3 is 2.89 bits per heavy atom. The zero-order chi connectivity index (χ0) is 13.5. The molecule has 19 heavy (non-hydrogen) atoms. The van der Waals surface area contributed by atoms with E-state index in [0.29, 0.717) is 24.0 Å². The molecular formula is C14H20ClNO3. The van der Waals surface area contributed by atoms with E-state index in [-0.39, 0.29) is 6.61 Å². The van der Waals surface area contributed by atoms with E-state index in [9.17, 15) is 0 Å². The minimum absolute atomic E-state index is 0.248. The Kier molecular flexibility index (Phi) is 5.76. The standard InChI is InChI=1S/C14H20ClNO3/c15-12-8-11(10-16-4-1-2-5-17)9-13-14(12)19-7-3-6-18-13/h8-9,16-17H,1-7,10H2. The summed E-state index contributed by atoms with van der Waals surface area (Å²) in [7, 11) is 0. The van der Waals surface area contributed by atoms with Crippen LogP contribution in [0.5, 0.6) is 11.5 Å². The molecule has 4 nitrogen and oxygen atoms in total. The summed E-state index contributed by atoms with van der Waals surface area (Å²) in [6.45, 7) is 3.17. The summed E-state index contributed by atoms with van der Waals surface area (Å²) >= 11 is 6.22. The van der Waals surface area contributed by atoms with Crippen LogP contribution in [0.25, 0.3) is 0 Å². The molecule has 1 aromatic rings. The van der Waals surface area contributed by atoms with Crippen molar-refractivity contribution in [2.45, 2.75) is 25.8 Å². The molecule has 1 heterocycles. The van der Waals surface area contributed by atoms with Gasteiger partial charge in [-0.05, 0) is 37.1 Å². The number of aliphatic hydroxyl groups excluding tert-OH is 1. The van der Waals surface area contributed by atoms with Crippen LogP contribution in [-0.4, -0.2) is 31.5 Å². The molecule has 106 valence electrons. The van der Waals surface area contributed by atoms with Crippen molar-refractivity contribution >= 4 is 11.6 Å². The molecule has 5 heteroatoms. The fourth-order valence-corrected chi connectivity index (χ4v) is 2.27. The van der Waals surface area contributed by atoms with E-state index in [4.69, 9.17) is 26.2 Å². The number of fused-ring (bicyclic) bond motifs is 1. The van der Waals surface area contributed by atoms with Crippen molar-refractivity contribution in [1.82, 2.24) is 5.32 Å². The van der Waals surface area contributed by atoms with E-state index in [1.54, 1.807) is 0 Å². The van der Waals surface area contributed by atoms with Gasteiger partial charge in [0.05, 0.1) is 18.2 Å². The highest BCUT2D eigenvalue weighted by molar-refractivity contribution is 6.32. The third kappa shape index (κ3) is 4.27. The molecule has 0 aliphatic carbocycles. The molecule has 0 aromatic heterocycles. The number of benzene rings is 1. The van der Waals surface area contributed by atoms with Gasteiger partial charge in [-0.3, -0.25) is 0 Å². The van der Waals surface area contributed by atoms with Gasteiger partial charge in [0.2, 0.25) is 0 Å². The van der Waals surface area contributed by atoms with Crippen molar-refractivity contribution in [3.8, 4) is 11.5 Å². The third-order valence-corrected chi connectivity index (χ3v) is 3.23. The van der Waals surface area contributed by atoms with Gasteiger partial charge in [0.25, 0.3) is 0 Å². The van der Waals surface area contributed by atoms with Gasteiger partial charge in [-0.1, -0.05) is 11.6 Å². The molecule has 1 aliphatic heterocycles. The first-order valence-electron chi connectivity index (χ1n) is 6.71. The lowest BCUT2D eigenvalue weighted by atomic mass is 10.2. The number of aliphatic hydroxyl groups is 1. The zero-order valence-corrected chi connectivity index (χ0v) is 11.7. The average molecular weight is 286 g/mol. The zero-order valence-electron chi connectivity index (χ0n) is 11.0. The number of unbranched alkanes of at least 4 members (excludes halogenated alkanes) is 1. The van der Waals surface area contributed by atoms with Crippen molar-refractivity contribution in [1.29, 1.82) is 0 Å². The highest BCUT2D eigenvalue weighted by Gasteiger charge is 2.15. The number of halogens is 1. The van der Waals surface area contributed by atoms with Gasteiger partial charge in [0.1, 0.15) is 0 Å². The lowest BCUT2D eigenvalue weighted by Gasteiger charge is -2.12. The lowest BCUT2D eigenvalue weighted by molar-refractivity contribution is 0.283. The Morgan fingerprint density at radius 2 is 2.05 bits per heavy atom. The summed E-state index contributed by atoms with van der Waals surface area (Å²) in [5.74, 6) is 1.39. The van der Waals surface area contributed by atoms with Gasteiger partial charge in [-0.15, -0.1) is 0 Å². The monoisotopic (exact) mass is 285 g/mol. The summed E-state index contributed by atoms with van der Waals surface area (Å²) in [4.78, 5) is 0. The maximum absolute atomic E-state index is 8.70. The Labute approximate surface area is 118 Å². The number of hydrogen-bond acceptors (Lipinski definition) is 4. The van der Waals surface area contributed by atoms with Crippen LogP contribution in [0.3, 0.4) is 0 Å². The second-order valence-corrected chi connectivity index (χ2v) is 4.97. The number of rotatable bonds is 6. The first kappa shape index (κ1) is 14.4. The Morgan fingerprint density at radius 1 is 1.21 bits per heavy atom. The van der Waals surface area contributed by atoms with Crippen LogP contribution in [-0.2, 0) is 6.54 Å². The molecule has 1 aromatic carbocycles. The maximum atomic E-state index is 8.70. The summed E-state index contributed by atoms with van der Waals surface area (Å²) < 4.78 is 11.2. The van der Waals surface area contributed by atoms with Gasteiger partial charge >= 0.3 is 0 Å². The third-order valence-electron chi connectivity index (χ3n) is 2.95. The number of hydrogen-bond donors (Lipinski definition) is 2.